The summed E-state index contributed by atoms with van der Waals surface area (Å²) < 4.78 is 5.39. The van der Waals surface area contributed by atoms with Crippen LogP contribution in [0.3, 0.4) is 0 Å². The molecule has 0 bridgehead atoms. The maximum atomic E-state index is 11.7. The first kappa shape index (κ1) is 14.6. The zero-order valence-electron chi connectivity index (χ0n) is 11.6. The quantitative estimate of drug-likeness (QED) is 0.851. The Morgan fingerprint density at radius 2 is 2.05 bits per heavy atom. The second-order valence-electron chi connectivity index (χ2n) is 4.43. The van der Waals surface area contributed by atoms with Crippen LogP contribution in [0, 0.1) is 0 Å². The Labute approximate surface area is 123 Å². The minimum Gasteiger partial charge on any atom is -0.494 e. The lowest BCUT2D eigenvalue weighted by atomic mass is 10.1. The summed E-state index contributed by atoms with van der Waals surface area (Å²) in [6.07, 6.45) is 1.31. The van der Waals surface area contributed by atoms with Gasteiger partial charge in [0.1, 0.15) is 5.75 Å². The standard InChI is InChI=1S/C16H19NO2S/c1-2-19-14-7-5-13(6-8-14)9-10-17-16(18)12-15-4-3-11-20-15/h3-8,11H,2,9-10,12H2,1H3,(H,17,18). The van der Waals surface area contributed by atoms with E-state index in [1.54, 1.807) is 11.3 Å². The molecular weight excluding hydrogens is 270 g/mol. The van der Waals surface area contributed by atoms with Crippen molar-refractivity contribution < 1.29 is 9.53 Å². The number of carbonyl (C=O) groups is 1. The molecule has 1 aromatic heterocycles. The van der Waals surface area contributed by atoms with Crippen LogP contribution in [-0.4, -0.2) is 19.1 Å². The molecule has 20 heavy (non-hydrogen) atoms. The Morgan fingerprint density at radius 3 is 2.70 bits per heavy atom. The number of nitrogens with one attached hydrogen (secondary N) is 1. The monoisotopic (exact) mass is 289 g/mol. The van der Waals surface area contributed by atoms with Crippen molar-refractivity contribution in [2.24, 2.45) is 0 Å². The topological polar surface area (TPSA) is 38.3 Å². The zero-order valence-corrected chi connectivity index (χ0v) is 12.4. The Hall–Kier alpha value is -1.81. The van der Waals surface area contributed by atoms with Gasteiger partial charge in [-0.15, -0.1) is 11.3 Å². The van der Waals surface area contributed by atoms with E-state index in [9.17, 15) is 4.79 Å². The third kappa shape index (κ3) is 4.70. The van der Waals surface area contributed by atoms with Gasteiger partial charge in [0.05, 0.1) is 13.0 Å². The van der Waals surface area contributed by atoms with E-state index in [4.69, 9.17) is 4.74 Å². The average molecular weight is 289 g/mol. The molecule has 0 aliphatic heterocycles. The van der Waals surface area contributed by atoms with Crippen molar-refractivity contribution in [1.29, 1.82) is 0 Å². The smallest absolute Gasteiger partial charge is 0.225 e. The molecule has 0 aliphatic rings. The number of hydrogen-bond donors (Lipinski definition) is 1. The fourth-order valence-electron chi connectivity index (χ4n) is 1.90. The molecule has 4 heteroatoms. The molecule has 106 valence electrons. The van der Waals surface area contributed by atoms with Crippen LogP contribution in [-0.2, 0) is 17.6 Å². The van der Waals surface area contributed by atoms with Gasteiger partial charge in [0, 0.05) is 11.4 Å². The molecule has 0 saturated heterocycles. The van der Waals surface area contributed by atoms with Crippen molar-refractivity contribution in [1.82, 2.24) is 5.32 Å². The summed E-state index contributed by atoms with van der Waals surface area (Å²) in [5.41, 5.74) is 1.20. The third-order valence-electron chi connectivity index (χ3n) is 2.89. The Kier molecular flexibility index (Phi) is 5.62. The van der Waals surface area contributed by atoms with Gasteiger partial charge in [0.25, 0.3) is 0 Å². The van der Waals surface area contributed by atoms with Crippen LogP contribution in [0.5, 0.6) is 5.75 Å². The molecule has 0 radical (unpaired) electrons. The van der Waals surface area contributed by atoms with Gasteiger partial charge in [0.2, 0.25) is 5.91 Å². The van der Waals surface area contributed by atoms with E-state index >= 15 is 0 Å². The number of benzene rings is 1. The second kappa shape index (κ2) is 7.70. The number of hydrogen-bond acceptors (Lipinski definition) is 3. The number of carbonyl (C=O) groups excluding carboxylic acids is 1. The van der Waals surface area contributed by atoms with Crippen LogP contribution in [0.25, 0.3) is 0 Å². The Morgan fingerprint density at radius 1 is 1.25 bits per heavy atom. The highest BCUT2D eigenvalue weighted by molar-refractivity contribution is 7.10. The first-order valence-electron chi connectivity index (χ1n) is 6.78. The van der Waals surface area contributed by atoms with Crippen LogP contribution < -0.4 is 10.1 Å². The Balaban J connectivity index is 1.71. The van der Waals surface area contributed by atoms with Crippen LogP contribution in [0.1, 0.15) is 17.4 Å². The van der Waals surface area contributed by atoms with E-state index in [1.165, 1.54) is 5.56 Å². The summed E-state index contributed by atoms with van der Waals surface area (Å²) in [5.74, 6) is 0.969. The van der Waals surface area contributed by atoms with Gasteiger partial charge >= 0.3 is 0 Å². The van der Waals surface area contributed by atoms with Gasteiger partial charge in [-0.3, -0.25) is 4.79 Å². The molecule has 0 aliphatic carbocycles. The maximum absolute atomic E-state index is 11.7. The zero-order chi connectivity index (χ0) is 14.2. The van der Waals surface area contributed by atoms with E-state index in [-0.39, 0.29) is 5.91 Å². The van der Waals surface area contributed by atoms with Crippen LogP contribution in [0.4, 0.5) is 0 Å². The van der Waals surface area contributed by atoms with Crippen molar-refractivity contribution in [2.75, 3.05) is 13.2 Å². The highest BCUT2D eigenvalue weighted by Crippen LogP contribution is 2.12. The summed E-state index contributed by atoms with van der Waals surface area (Å²) in [7, 11) is 0. The van der Waals surface area contributed by atoms with Crippen molar-refractivity contribution in [3.63, 3.8) is 0 Å². The van der Waals surface area contributed by atoms with Gasteiger partial charge in [-0.25, -0.2) is 0 Å². The summed E-state index contributed by atoms with van der Waals surface area (Å²) >= 11 is 1.61. The number of ether oxygens (including phenoxy) is 1. The molecule has 0 atom stereocenters. The molecule has 1 amide bonds. The summed E-state index contributed by atoms with van der Waals surface area (Å²) in [5, 5.41) is 4.93. The molecule has 1 N–H and O–H groups in total. The molecule has 0 spiro atoms. The predicted molar refractivity (Wildman–Crippen MR) is 82.3 cm³/mol. The third-order valence-corrected chi connectivity index (χ3v) is 3.76. The minimum atomic E-state index is 0.0818. The van der Waals surface area contributed by atoms with Crippen molar-refractivity contribution in [3.05, 3.63) is 52.2 Å². The van der Waals surface area contributed by atoms with E-state index in [1.807, 2.05) is 48.7 Å². The van der Waals surface area contributed by atoms with E-state index < -0.39 is 0 Å². The van der Waals surface area contributed by atoms with Crippen LogP contribution >= 0.6 is 11.3 Å². The summed E-state index contributed by atoms with van der Waals surface area (Å²) in [4.78, 5) is 12.8. The summed E-state index contributed by atoms with van der Waals surface area (Å²) in [6.45, 7) is 3.31. The Bertz CT molecular complexity index is 520. The van der Waals surface area contributed by atoms with Crippen LogP contribution in [0.2, 0.25) is 0 Å². The fourth-order valence-corrected chi connectivity index (χ4v) is 2.60. The number of thiophene rings is 1. The lowest BCUT2D eigenvalue weighted by Gasteiger charge is -2.06. The first-order chi connectivity index (χ1) is 9.78. The molecule has 2 aromatic rings. The van der Waals surface area contributed by atoms with Gasteiger partial charge < -0.3 is 10.1 Å². The normalized spacial score (nSPS) is 10.2. The highest BCUT2D eigenvalue weighted by atomic mass is 32.1. The molecular formula is C16H19NO2S. The molecule has 3 nitrogen and oxygen atoms in total. The molecule has 1 aromatic carbocycles. The lowest BCUT2D eigenvalue weighted by molar-refractivity contribution is -0.120. The maximum Gasteiger partial charge on any atom is 0.225 e. The number of rotatable bonds is 7. The SMILES string of the molecule is CCOc1ccc(CCNC(=O)Cc2cccs2)cc1. The average Bonchev–Trinajstić information content (AvgIpc) is 2.94. The molecule has 2 rings (SSSR count). The number of amides is 1. The van der Waals surface area contributed by atoms with Gasteiger partial charge in [-0.1, -0.05) is 18.2 Å². The van der Waals surface area contributed by atoms with E-state index in [2.05, 4.69) is 5.32 Å². The summed E-state index contributed by atoms with van der Waals surface area (Å²) in [6, 6.07) is 12.0. The van der Waals surface area contributed by atoms with Crippen molar-refractivity contribution in [2.45, 2.75) is 19.8 Å². The van der Waals surface area contributed by atoms with Gasteiger partial charge in [-0.05, 0) is 42.5 Å². The van der Waals surface area contributed by atoms with Crippen molar-refractivity contribution in [3.8, 4) is 5.75 Å². The minimum absolute atomic E-state index is 0.0818. The first-order valence-corrected chi connectivity index (χ1v) is 7.66. The molecule has 1 heterocycles. The van der Waals surface area contributed by atoms with Crippen LogP contribution in [0.15, 0.2) is 41.8 Å². The van der Waals surface area contributed by atoms with Gasteiger partial charge in [-0.2, -0.15) is 0 Å². The van der Waals surface area contributed by atoms with Crippen molar-refractivity contribution >= 4 is 17.2 Å². The second-order valence-corrected chi connectivity index (χ2v) is 5.47. The molecule has 0 saturated carbocycles. The van der Waals surface area contributed by atoms with E-state index in [0.29, 0.717) is 19.6 Å². The lowest BCUT2D eigenvalue weighted by Crippen LogP contribution is -2.26. The molecule has 0 fully saturated rings. The fraction of sp³-hybridized carbons (Fsp3) is 0.312. The predicted octanol–water partition coefficient (Wildman–Crippen LogP) is 3.05. The van der Waals surface area contributed by atoms with Gasteiger partial charge in [0.15, 0.2) is 0 Å². The highest BCUT2D eigenvalue weighted by Gasteiger charge is 2.03. The van der Waals surface area contributed by atoms with E-state index in [0.717, 1.165) is 17.0 Å². The molecule has 0 unspecified atom stereocenters. The largest absolute Gasteiger partial charge is 0.494 e.